The fourth-order valence-corrected chi connectivity index (χ4v) is 4.69. The van der Waals surface area contributed by atoms with Crippen LogP contribution in [0, 0.1) is 0 Å². The summed E-state index contributed by atoms with van der Waals surface area (Å²) in [5, 5.41) is 0. The molecule has 0 saturated heterocycles. The first-order valence-electron chi connectivity index (χ1n) is 10.1. The van der Waals surface area contributed by atoms with Crippen molar-refractivity contribution in [1.82, 2.24) is 9.80 Å². The smallest absolute Gasteiger partial charge is 0.261 e. The van der Waals surface area contributed by atoms with Crippen molar-refractivity contribution < 1.29 is 18.0 Å². The number of nitrogens with zero attached hydrogens (tertiary/aromatic N) is 2. The molecule has 2 aromatic carbocycles. The second kappa shape index (κ2) is 8.20. The first kappa shape index (κ1) is 20.6. The minimum absolute atomic E-state index is 0.201. The SMILES string of the molecule is CS(=O)(=O)Nc1ccc2c(c1)CN(CCCCN1C(=O)c3ccccc3C1=O)CC2. The quantitative estimate of drug-likeness (QED) is 0.542. The molecule has 0 aromatic heterocycles. The maximum absolute atomic E-state index is 12.4. The van der Waals surface area contributed by atoms with Crippen molar-refractivity contribution in [2.45, 2.75) is 25.8 Å². The highest BCUT2D eigenvalue weighted by Crippen LogP contribution is 2.25. The number of anilines is 1. The summed E-state index contributed by atoms with van der Waals surface area (Å²) in [7, 11) is -3.30. The van der Waals surface area contributed by atoms with E-state index in [0.717, 1.165) is 50.7 Å². The summed E-state index contributed by atoms with van der Waals surface area (Å²) in [6.07, 6.45) is 3.70. The van der Waals surface area contributed by atoms with Gasteiger partial charge in [0, 0.05) is 25.3 Å². The highest BCUT2D eigenvalue weighted by atomic mass is 32.2. The van der Waals surface area contributed by atoms with E-state index >= 15 is 0 Å². The van der Waals surface area contributed by atoms with Crippen molar-refractivity contribution >= 4 is 27.5 Å². The van der Waals surface area contributed by atoms with Crippen molar-refractivity contribution in [3.63, 3.8) is 0 Å². The van der Waals surface area contributed by atoms with E-state index in [0.29, 0.717) is 23.4 Å². The van der Waals surface area contributed by atoms with Crippen LogP contribution in [0.15, 0.2) is 42.5 Å². The maximum atomic E-state index is 12.4. The lowest BCUT2D eigenvalue weighted by Crippen LogP contribution is -2.33. The first-order valence-corrected chi connectivity index (χ1v) is 12.0. The van der Waals surface area contributed by atoms with Gasteiger partial charge >= 0.3 is 0 Å². The number of hydrogen-bond acceptors (Lipinski definition) is 5. The second-order valence-corrected chi connectivity index (χ2v) is 9.65. The van der Waals surface area contributed by atoms with Crippen LogP contribution < -0.4 is 4.72 Å². The monoisotopic (exact) mass is 427 g/mol. The Labute approximate surface area is 176 Å². The van der Waals surface area contributed by atoms with Crippen LogP contribution in [0.1, 0.15) is 44.7 Å². The number of nitrogens with one attached hydrogen (secondary N) is 1. The molecule has 7 nitrogen and oxygen atoms in total. The number of amides is 2. The van der Waals surface area contributed by atoms with Crippen molar-refractivity contribution in [3.8, 4) is 0 Å². The topological polar surface area (TPSA) is 86.8 Å². The van der Waals surface area contributed by atoms with Crippen molar-refractivity contribution in [2.24, 2.45) is 0 Å². The summed E-state index contributed by atoms with van der Waals surface area (Å²) in [6, 6.07) is 12.7. The zero-order chi connectivity index (χ0) is 21.3. The molecule has 4 rings (SSSR count). The Morgan fingerprint density at radius 2 is 1.60 bits per heavy atom. The third kappa shape index (κ3) is 4.39. The number of benzene rings is 2. The van der Waals surface area contributed by atoms with Gasteiger partial charge in [0.15, 0.2) is 0 Å². The van der Waals surface area contributed by atoms with E-state index in [1.165, 1.54) is 10.5 Å². The van der Waals surface area contributed by atoms with Gasteiger partial charge in [-0.25, -0.2) is 8.42 Å². The molecule has 8 heteroatoms. The number of fused-ring (bicyclic) bond motifs is 2. The minimum atomic E-state index is -3.30. The maximum Gasteiger partial charge on any atom is 0.261 e. The molecule has 0 saturated carbocycles. The Kier molecular flexibility index (Phi) is 5.62. The molecule has 0 unspecified atom stereocenters. The van der Waals surface area contributed by atoms with Crippen LogP contribution in [0.25, 0.3) is 0 Å². The molecule has 2 aromatic rings. The Balaban J connectivity index is 1.29. The lowest BCUT2D eigenvalue weighted by atomic mass is 9.99. The van der Waals surface area contributed by atoms with Gasteiger partial charge in [-0.3, -0.25) is 24.1 Å². The summed E-state index contributed by atoms with van der Waals surface area (Å²) in [4.78, 5) is 28.5. The number of imide groups is 1. The third-order valence-corrected chi connectivity index (χ3v) is 6.19. The summed E-state index contributed by atoms with van der Waals surface area (Å²) < 4.78 is 25.5. The largest absolute Gasteiger partial charge is 0.299 e. The van der Waals surface area contributed by atoms with Crippen LogP contribution >= 0.6 is 0 Å². The average molecular weight is 428 g/mol. The summed E-state index contributed by atoms with van der Waals surface area (Å²) in [6.45, 7) is 3.01. The van der Waals surface area contributed by atoms with Crippen LogP contribution in [-0.2, 0) is 23.0 Å². The van der Waals surface area contributed by atoms with Gasteiger partial charge in [0.2, 0.25) is 10.0 Å². The Morgan fingerprint density at radius 1 is 0.933 bits per heavy atom. The minimum Gasteiger partial charge on any atom is -0.299 e. The van der Waals surface area contributed by atoms with Gasteiger partial charge in [-0.1, -0.05) is 18.2 Å². The Morgan fingerprint density at radius 3 is 2.27 bits per heavy atom. The molecule has 2 aliphatic rings. The molecule has 158 valence electrons. The molecule has 0 radical (unpaired) electrons. The molecule has 30 heavy (non-hydrogen) atoms. The molecular weight excluding hydrogens is 402 g/mol. The second-order valence-electron chi connectivity index (χ2n) is 7.90. The van der Waals surface area contributed by atoms with Gasteiger partial charge in [0.25, 0.3) is 11.8 Å². The summed E-state index contributed by atoms with van der Waals surface area (Å²) >= 11 is 0. The molecular formula is C22H25N3O4S. The molecule has 2 aliphatic heterocycles. The summed E-state index contributed by atoms with van der Waals surface area (Å²) in [5.41, 5.74) is 3.96. The molecule has 0 aliphatic carbocycles. The molecule has 0 atom stereocenters. The standard InChI is InChI=1S/C22H25N3O4S/c1-30(28,29)23-18-9-8-16-10-13-24(15-17(16)14-18)11-4-5-12-25-21(26)19-6-2-3-7-20(19)22(25)27/h2-3,6-9,14,23H,4-5,10-13,15H2,1H3. The van der Waals surface area contributed by atoms with E-state index in [9.17, 15) is 18.0 Å². The number of sulfonamides is 1. The van der Waals surface area contributed by atoms with Gasteiger partial charge in [0.05, 0.1) is 17.4 Å². The Hall–Kier alpha value is -2.71. The summed E-state index contributed by atoms with van der Waals surface area (Å²) in [5.74, 6) is -0.401. The average Bonchev–Trinajstić information content (AvgIpc) is 2.94. The van der Waals surface area contributed by atoms with Gasteiger partial charge in [-0.15, -0.1) is 0 Å². The number of hydrogen-bond donors (Lipinski definition) is 1. The van der Waals surface area contributed by atoms with E-state index in [1.807, 2.05) is 12.1 Å². The highest BCUT2D eigenvalue weighted by Gasteiger charge is 2.34. The highest BCUT2D eigenvalue weighted by molar-refractivity contribution is 7.92. The lowest BCUT2D eigenvalue weighted by Gasteiger charge is -2.29. The first-order chi connectivity index (χ1) is 14.3. The van der Waals surface area contributed by atoms with Gasteiger partial charge in [-0.2, -0.15) is 0 Å². The van der Waals surface area contributed by atoms with Gasteiger partial charge in [-0.05, 0) is 61.2 Å². The number of unbranched alkanes of at least 4 members (excludes halogenated alkanes) is 1. The number of rotatable bonds is 7. The fourth-order valence-electron chi connectivity index (χ4n) is 4.13. The molecule has 2 amide bonds. The van der Waals surface area contributed by atoms with E-state index in [-0.39, 0.29) is 11.8 Å². The third-order valence-electron chi connectivity index (χ3n) is 5.59. The fraction of sp³-hybridized carbons (Fsp3) is 0.364. The zero-order valence-corrected chi connectivity index (χ0v) is 17.7. The van der Waals surface area contributed by atoms with E-state index in [2.05, 4.69) is 9.62 Å². The van der Waals surface area contributed by atoms with E-state index in [4.69, 9.17) is 0 Å². The molecule has 0 spiro atoms. The predicted octanol–water partition coefficient (Wildman–Crippen LogP) is 2.49. The molecule has 0 fully saturated rings. The van der Waals surface area contributed by atoms with Crippen LogP contribution in [0.4, 0.5) is 5.69 Å². The Bertz CT molecular complexity index is 1060. The predicted molar refractivity (Wildman–Crippen MR) is 115 cm³/mol. The van der Waals surface area contributed by atoms with Crippen LogP contribution in [0.5, 0.6) is 0 Å². The zero-order valence-electron chi connectivity index (χ0n) is 16.9. The van der Waals surface area contributed by atoms with Crippen LogP contribution in [-0.4, -0.2) is 55.9 Å². The molecule has 1 N–H and O–H groups in total. The lowest BCUT2D eigenvalue weighted by molar-refractivity contribution is 0.0650. The van der Waals surface area contributed by atoms with E-state index in [1.54, 1.807) is 30.3 Å². The molecule has 0 bridgehead atoms. The van der Waals surface area contributed by atoms with E-state index < -0.39 is 10.0 Å². The van der Waals surface area contributed by atoms with Crippen molar-refractivity contribution in [1.29, 1.82) is 0 Å². The van der Waals surface area contributed by atoms with Crippen LogP contribution in [0.3, 0.4) is 0 Å². The van der Waals surface area contributed by atoms with Gasteiger partial charge in [0.1, 0.15) is 0 Å². The molecule has 2 heterocycles. The van der Waals surface area contributed by atoms with Crippen LogP contribution in [0.2, 0.25) is 0 Å². The van der Waals surface area contributed by atoms with Crippen molar-refractivity contribution in [2.75, 3.05) is 30.6 Å². The number of carbonyl (C=O) groups excluding carboxylic acids is 2. The normalized spacial score (nSPS) is 16.5. The van der Waals surface area contributed by atoms with Gasteiger partial charge < -0.3 is 0 Å². The number of carbonyl (C=O) groups is 2. The van der Waals surface area contributed by atoms with Crippen molar-refractivity contribution in [3.05, 3.63) is 64.7 Å².